The molecule has 2 fully saturated rings. The van der Waals surface area contributed by atoms with Crippen LogP contribution in [0.1, 0.15) is 38.5 Å². The summed E-state index contributed by atoms with van der Waals surface area (Å²) in [6.07, 6.45) is 8.02. The average molecular weight is 345 g/mol. The molecule has 25 heavy (non-hydrogen) atoms. The van der Waals surface area contributed by atoms with Crippen molar-refractivity contribution in [3.05, 3.63) is 18.6 Å². The van der Waals surface area contributed by atoms with E-state index in [1.807, 2.05) is 12.3 Å². The normalized spacial score (nSPS) is 27.4. The molecule has 0 aliphatic carbocycles. The fraction of sp³-hybridized carbons (Fsp3) is 0.667. The van der Waals surface area contributed by atoms with Gasteiger partial charge in [0.25, 0.3) is 0 Å². The monoisotopic (exact) mass is 345 g/mol. The maximum atomic E-state index is 11.0. The lowest BCUT2D eigenvalue weighted by molar-refractivity contribution is -0.0271. The second-order valence-corrected chi connectivity index (χ2v) is 7.23. The van der Waals surface area contributed by atoms with Gasteiger partial charge < -0.3 is 25.4 Å². The summed E-state index contributed by atoms with van der Waals surface area (Å²) in [5, 5.41) is 26.0. The fourth-order valence-corrected chi connectivity index (χ4v) is 4.30. The number of aliphatic hydroxyl groups excluding tert-OH is 2. The predicted molar refractivity (Wildman–Crippen MR) is 96.5 cm³/mol. The molecule has 0 spiro atoms. The summed E-state index contributed by atoms with van der Waals surface area (Å²) in [6, 6.07) is 1.83. The van der Waals surface area contributed by atoms with Gasteiger partial charge in [0.2, 0.25) is 0 Å². The Bertz CT molecular complexity index is 700. The van der Waals surface area contributed by atoms with Gasteiger partial charge in [0, 0.05) is 18.8 Å². The molecule has 7 heteroatoms. The molecule has 0 aromatic carbocycles. The molecule has 2 aromatic heterocycles. The molecule has 2 aliphatic heterocycles. The molecular weight excluding hydrogens is 318 g/mol. The number of aromatic nitrogens is 3. The topological polar surface area (TPSA) is 97.3 Å². The number of piperidine rings is 2. The third kappa shape index (κ3) is 3.23. The minimum atomic E-state index is -0.792. The second-order valence-electron chi connectivity index (χ2n) is 7.23. The molecule has 2 aliphatic rings. The molecule has 0 radical (unpaired) electrons. The Balaban J connectivity index is 1.59. The van der Waals surface area contributed by atoms with Crippen LogP contribution in [0.15, 0.2) is 18.6 Å². The van der Waals surface area contributed by atoms with Gasteiger partial charge in [0.15, 0.2) is 0 Å². The maximum Gasteiger partial charge on any atom is 0.142 e. The van der Waals surface area contributed by atoms with Crippen molar-refractivity contribution in [2.75, 3.05) is 18.0 Å². The van der Waals surface area contributed by atoms with Gasteiger partial charge in [-0.1, -0.05) is 6.42 Å². The third-order valence-corrected chi connectivity index (χ3v) is 5.66. The Labute approximate surface area is 147 Å². The Morgan fingerprint density at radius 2 is 1.96 bits per heavy atom. The van der Waals surface area contributed by atoms with Crippen molar-refractivity contribution < 1.29 is 10.2 Å². The molecule has 4 unspecified atom stereocenters. The number of anilines is 1. The van der Waals surface area contributed by atoms with Crippen LogP contribution in [-0.2, 0) is 0 Å². The van der Waals surface area contributed by atoms with E-state index in [2.05, 4.69) is 25.2 Å². The van der Waals surface area contributed by atoms with Gasteiger partial charge in [0.05, 0.1) is 17.5 Å². The zero-order chi connectivity index (χ0) is 17.2. The molecule has 4 N–H and O–H groups in total. The zero-order valence-corrected chi connectivity index (χ0v) is 14.4. The van der Waals surface area contributed by atoms with E-state index in [0.29, 0.717) is 0 Å². The van der Waals surface area contributed by atoms with E-state index in [4.69, 9.17) is 0 Å². The van der Waals surface area contributed by atoms with Crippen LogP contribution < -0.4 is 10.2 Å². The minimum absolute atomic E-state index is 0.0230. The van der Waals surface area contributed by atoms with Crippen LogP contribution in [-0.4, -0.2) is 62.5 Å². The van der Waals surface area contributed by atoms with E-state index in [0.717, 1.165) is 68.5 Å². The SMILES string of the molecule is OC(C1CCCCN1)C(O)C1CCCCN1c1ncnc2[nH]ccc12. The highest BCUT2D eigenvalue weighted by Crippen LogP contribution is 2.31. The molecule has 2 aromatic rings. The highest BCUT2D eigenvalue weighted by Gasteiger charge is 2.37. The van der Waals surface area contributed by atoms with E-state index in [1.165, 1.54) is 0 Å². The number of hydrogen-bond donors (Lipinski definition) is 4. The van der Waals surface area contributed by atoms with Crippen molar-refractivity contribution in [1.29, 1.82) is 0 Å². The molecule has 0 bridgehead atoms. The number of nitrogens with zero attached hydrogens (tertiary/aromatic N) is 3. The number of aliphatic hydroxyl groups is 2. The standard InChI is InChI=1S/C18H27N5O2/c24-15(13-5-1-3-8-19-13)16(25)14-6-2-4-10-23(14)18-12-7-9-20-17(12)21-11-22-18/h7,9,11,13-16,19,24-25H,1-6,8,10H2,(H,20,21,22). The summed E-state index contributed by atoms with van der Waals surface area (Å²) >= 11 is 0. The summed E-state index contributed by atoms with van der Waals surface area (Å²) in [5.41, 5.74) is 0.804. The van der Waals surface area contributed by atoms with Gasteiger partial charge in [-0.15, -0.1) is 0 Å². The summed E-state index contributed by atoms with van der Waals surface area (Å²) in [5.74, 6) is 0.846. The number of fused-ring (bicyclic) bond motifs is 1. The first-order valence-electron chi connectivity index (χ1n) is 9.40. The number of H-pyrrole nitrogens is 1. The fourth-order valence-electron chi connectivity index (χ4n) is 4.30. The molecule has 4 rings (SSSR count). The Kier molecular flexibility index (Phi) is 4.87. The summed E-state index contributed by atoms with van der Waals surface area (Å²) in [4.78, 5) is 14.0. The lowest BCUT2D eigenvalue weighted by atomic mass is 9.88. The number of hydrogen-bond acceptors (Lipinski definition) is 6. The number of rotatable bonds is 4. The van der Waals surface area contributed by atoms with Gasteiger partial charge in [-0.25, -0.2) is 9.97 Å². The van der Waals surface area contributed by atoms with Crippen LogP contribution in [0.2, 0.25) is 0 Å². The van der Waals surface area contributed by atoms with E-state index in [1.54, 1.807) is 6.33 Å². The van der Waals surface area contributed by atoms with Gasteiger partial charge >= 0.3 is 0 Å². The smallest absolute Gasteiger partial charge is 0.142 e. The van der Waals surface area contributed by atoms with Crippen molar-refractivity contribution in [2.45, 2.75) is 62.8 Å². The van der Waals surface area contributed by atoms with Crippen LogP contribution in [0.4, 0.5) is 5.82 Å². The Morgan fingerprint density at radius 3 is 2.80 bits per heavy atom. The molecule has 4 heterocycles. The molecule has 4 atom stereocenters. The lowest BCUT2D eigenvalue weighted by Crippen LogP contribution is -2.57. The van der Waals surface area contributed by atoms with Gasteiger partial charge in [-0.05, 0) is 44.7 Å². The molecule has 0 amide bonds. The Morgan fingerprint density at radius 1 is 1.08 bits per heavy atom. The molecule has 2 saturated heterocycles. The van der Waals surface area contributed by atoms with Crippen molar-refractivity contribution >= 4 is 16.9 Å². The summed E-state index contributed by atoms with van der Waals surface area (Å²) in [6.45, 7) is 1.75. The van der Waals surface area contributed by atoms with E-state index in [9.17, 15) is 10.2 Å². The molecular formula is C18H27N5O2. The van der Waals surface area contributed by atoms with Crippen molar-refractivity contribution in [1.82, 2.24) is 20.3 Å². The summed E-state index contributed by atoms with van der Waals surface area (Å²) in [7, 11) is 0. The number of aromatic amines is 1. The van der Waals surface area contributed by atoms with Gasteiger partial charge in [0.1, 0.15) is 23.9 Å². The van der Waals surface area contributed by atoms with Crippen LogP contribution >= 0.6 is 0 Å². The van der Waals surface area contributed by atoms with Crippen molar-refractivity contribution in [3.63, 3.8) is 0 Å². The maximum absolute atomic E-state index is 11.0. The van der Waals surface area contributed by atoms with Crippen molar-refractivity contribution in [3.8, 4) is 0 Å². The molecule has 0 saturated carbocycles. The minimum Gasteiger partial charge on any atom is -0.389 e. The van der Waals surface area contributed by atoms with E-state index >= 15 is 0 Å². The lowest BCUT2D eigenvalue weighted by Gasteiger charge is -2.42. The highest BCUT2D eigenvalue weighted by atomic mass is 16.3. The van der Waals surface area contributed by atoms with E-state index < -0.39 is 12.2 Å². The number of nitrogens with one attached hydrogen (secondary N) is 2. The van der Waals surface area contributed by atoms with Crippen LogP contribution in [0.25, 0.3) is 11.0 Å². The third-order valence-electron chi connectivity index (χ3n) is 5.66. The predicted octanol–water partition coefficient (Wildman–Crippen LogP) is 1.18. The van der Waals surface area contributed by atoms with E-state index in [-0.39, 0.29) is 12.1 Å². The highest BCUT2D eigenvalue weighted by molar-refractivity contribution is 5.87. The first-order chi connectivity index (χ1) is 12.3. The first kappa shape index (κ1) is 16.8. The van der Waals surface area contributed by atoms with Crippen LogP contribution in [0.5, 0.6) is 0 Å². The summed E-state index contributed by atoms with van der Waals surface area (Å²) < 4.78 is 0. The molecule has 136 valence electrons. The Hall–Kier alpha value is -1.70. The second kappa shape index (κ2) is 7.27. The average Bonchev–Trinajstić information content (AvgIpc) is 3.16. The molecule has 7 nitrogen and oxygen atoms in total. The van der Waals surface area contributed by atoms with Gasteiger partial charge in [-0.3, -0.25) is 0 Å². The largest absolute Gasteiger partial charge is 0.389 e. The zero-order valence-electron chi connectivity index (χ0n) is 14.4. The van der Waals surface area contributed by atoms with Gasteiger partial charge in [-0.2, -0.15) is 0 Å². The van der Waals surface area contributed by atoms with Crippen LogP contribution in [0.3, 0.4) is 0 Å². The van der Waals surface area contributed by atoms with Crippen molar-refractivity contribution in [2.24, 2.45) is 0 Å². The first-order valence-corrected chi connectivity index (χ1v) is 9.40. The van der Waals surface area contributed by atoms with Crippen LogP contribution in [0, 0.1) is 0 Å². The quantitative estimate of drug-likeness (QED) is 0.664.